The van der Waals surface area contributed by atoms with Crippen molar-refractivity contribution in [1.82, 2.24) is 10.2 Å². The average molecular weight is 280 g/mol. The van der Waals surface area contributed by atoms with Crippen molar-refractivity contribution in [1.29, 1.82) is 0 Å². The summed E-state index contributed by atoms with van der Waals surface area (Å²) in [7, 11) is 3.88. The van der Waals surface area contributed by atoms with Gasteiger partial charge in [0, 0.05) is 6.54 Å². The van der Waals surface area contributed by atoms with Gasteiger partial charge >= 0.3 is 0 Å². The van der Waals surface area contributed by atoms with Gasteiger partial charge in [-0.25, -0.2) is 0 Å². The Morgan fingerprint density at radius 2 is 2.16 bits per heavy atom. The SMILES string of the molecule is CSCCCNC(=O)[C@H](c1cccc(C)c1)N(C)C. The van der Waals surface area contributed by atoms with Crippen molar-refractivity contribution in [2.24, 2.45) is 0 Å². The summed E-state index contributed by atoms with van der Waals surface area (Å²) in [6.07, 6.45) is 3.10. The quantitative estimate of drug-likeness (QED) is 0.779. The molecule has 1 rings (SSSR count). The van der Waals surface area contributed by atoms with Gasteiger partial charge in [0.1, 0.15) is 6.04 Å². The Morgan fingerprint density at radius 3 is 2.74 bits per heavy atom. The zero-order chi connectivity index (χ0) is 14.3. The number of rotatable bonds is 7. The molecule has 0 saturated heterocycles. The molecule has 0 fully saturated rings. The summed E-state index contributed by atoms with van der Waals surface area (Å²) in [6, 6.07) is 7.93. The standard InChI is InChI=1S/C15H24N2OS/c1-12-7-5-8-13(11-12)14(17(2)3)15(18)16-9-6-10-19-4/h5,7-8,11,14H,6,9-10H2,1-4H3,(H,16,18)/t14-/m0/s1. The second kappa shape index (κ2) is 8.23. The fourth-order valence-corrected chi connectivity index (χ4v) is 2.48. The molecule has 0 spiro atoms. The van der Waals surface area contributed by atoms with Crippen molar-refractivity contribution < 1.29 is 4.79 Å². The third kappa shape index (κ3) is 5.25. The van der Waals surface area contributed by atoms with Gasteiger partial charge in [0.05, 0.1) is 0 Å². The van der Waals surface area contributed by atoms with Crippen molar-refractivity contribution in [2.75, 3.05) is 32.6 Å². The Morgan fingerprint density at radius 1 is 1.42 bits per heavy atom. The zero-order valence-corrected chi connectivity index (χ0v) is 13.1. The highest BCUT2D eigenvalue weighted by Gasteiger charge is 2.22. The number of amides is 1. The van der Waals surface area contributed by atoms with Crippen LogP contribution in [-0.2, 0) is 4.79 Å². The van der Waals surface area contributed by atoms with Crippen LogP contribution in [-0.4, -0.2) is 43.5 Å². The Bertz CT molecular complexity index is 407. The highest BCUT2D eigenvalue weighted by atomic mass is 32.2. The molecule has 0 unspecified atom stereocenters. The number of hydrogen-bond acceptors (Lipinski definition) is 3. The van der Waals surface area contributed by atoms with Crippen molar-refractivity contribution >= 4 is 17.7 Å². The molecule has 0 heterocycles. The monoisotopic (exact) mass is 280 g/mol. The molecule has 1 N–H and O–H groups in total. The molecule has 1 aromatic carbocycles. The number of hydrogen-bond donors (Lipinski definition) is 1. The van der Waals surface area contributed by atoms with E-state index in [9.17, 15) is 4.79 Å². The first-order valence-corrected chi connectivity index (χ1v) is 7.95. The van der Waals surface area contributed by atoms with Crippen LogP contribution in [0.1, 0.15) is 23.6 Å². The van der Waals surface area contributed by atoms with Gasteiger partial charge in [-0.3, -0.25) is 9.69 Å². The number of carbonyl (C=O) groups is 1. The van der Waals surface area contributed by atoms with Gasteiger partial charge in [-0.1, -0.05) is 29.8 Å². The van der Waals surface area contributed by atoms with Crippen molar-refractivity contribution in [3.05, 3.63) is 35.4 Å². The van der Waals surface area contributed by atoms with Crippen LogP contribution < -0.4 is 5.32 Å². The predicted molar refractivity (Wildman–Crippen MR) is 83.6 cm³/mol. The summed E-state index contributed by atoms with van der Waals surface area (Å²) >= 11 is 1.80. The van der Waals surface area contributed by atoms with E-state index < -0.39 is 0 Å². The molecule has 0 aliphatic rings. The minimum atomic E-state index is -0.214. The van der Waals surface area contributed by atoms with E-state index in [1.54, 1.807) is 11.8 Å². The third-order valence-electron chi connectivity index (χ3n) is 2.95. The van der Waals surface area contributed by atoms with Gasteiger partial charge in [0.2, 0.25) is 5.91 Å². The molecular weight excluding hydrogens is 256 g/mol. The molecule has 0 bridgehead atoms. The topological polar surface area (TPSA) is 32.3 Å². The third-order valence-corrected chi connectivity index (χ3v) is 3.64. The molecule has 1 aromatic rings. The number of nitrogens with one attached hydrogen (secondary N) is 1. The van der Waals surface area contributed by atoms with Crippen molar-refractivity contribution in [2.45, 2.75) is 19.4 Å². The van der Waals surface area contributed by atoms with Gasteiger partial charge in [0.15, 0.2) is 0 Å². The zero-order valence-electron chi connectivity index (χ0n) is 12.3. The van der Waals surface area contributed by atoms with E-state index in [0.717, 1.165) is 24.3 Å². The van der Waals surface area contributed by atoms with E-state index in [1.165, 1.54) is 5.56 Å². The van der Waals surface area contributed by atoms with Gasteiger partial charge in [0.25, 0.3) is 0 Å². The van der Waals surface area contributed by atoms with E-state index in [4.69, 9.17) is 0 Å². The molecule has 0 saturated carbocycles. The summed E-state index contributed by atoms with van der Waals surface area (Å²) in [5.74, 6) is 1.16. The van der Waals surface area contributed by atoms with E-state index in [1.807, 2.05) is 44.1 Å². The molecular formula is C15H24N2OS. The normalized spacial score (nSPS) is 12.5. The minimum Gasteiger partial charge on any atom is -0.354 e. The largest absolute Gasteiger partial charge is 0.354 e. The first kappa shape index (κ1) is 16.1. The highest BCUT2D eigenvalue weighted by molar-refractivity contribution is 7.98. The highest BCUT2D eigenvalue weighted by Crippen LogP contribution is 2.19. The van der Waals surface area contributed by atoms with Crippen LogP contribution in [0, 0.1) is 6.92 Å². The van der Waals surface area contributed by atoms with E-state index >= 15 is 0 Å². The molecule has 1 amide bonds. The molecule has 1 atom stereocenters. The van der Waals surface area contributed by atoms with Crippen LogP contribution in [0.15, 0.2) is 24.3 Å². The second-order valence-electron chi connectivity index (χ2n) is 4.92. The lowest BCUT2D eigenvalue weighted by Gasteiger charge is -2.24. The fraction of sp³-hybridized carbons (Fsp3) is 0.533. The Hall–Kier alpha value is -1.00. The lowest BCUT2D eigenvalue weighted by molar-refractivity contribution is -0.125. The second-order valence-corrected chi connectivity index (χ2v) is 5.90. The van der Waals surface area contributed by atoms with E-state index in [0.29, 0.717) is 0 Å². The van der Waals surface area contributed by atoms with Crippen LogP contribution in [0.3, 0.4) is 0 Å². The molecule has 106 valence electrons. The lowest BCUT2D eigenvalue weighted by atomic mass is 10.0. The Kier molecular flexibility index (Phi) is 6.95. The van der Waals surface area contributed by atoms with Crippen molar-refractivity contribution in [3.8, 4) is 0 Å². The van der Waals surface area contributed by atoms with Crippen LogP contribution in [0.25, 0.3) is 0 Å². The van der Waals surface area contributed by atoms with Crippen LogP contribution in [0.2, 0.25) is 0 Å². The summed E-state index contributed by atoms with van der Waals surface area (Å²) in [4.78, 5) is 14.3. The predicted octanol–water partition coefficient (Wildman–Crippen LogP) is 2.47. The maximum atomic E-state index is 12.3. The molecule has 0 aromatic heterocycles. The maximum Gasteiger partial charge on any atom is 0.241 e. The lowest BCUT2D eigenvalue weighted by Crippen LogP contribution is -2.37. The first-order valence-electron chi connectivity index (χ1n) is 6.56. The minimum absolute atomic E-state index is 0.0803. The van der Waals surface area contributed by atoms with Gasteiger partial charge in [-0.15, -0.1) is 0 Å². The van der Waals surface area contributed by atoms with Crippen molar-refractivity contribution in [3.63, 3.8) is 0 Å². The average Bonchev–Trinajstić information content (AvgIpc) is 2.34. The Balaban J connectivity index is 2.69. The molecule has 0 aliphatic heterocycles. The first-order chi connectivity index (χ1) is 9.06. The summed E-state index contributed by atoms with van der Waals surface area (Å²) in [5, 5.41) is 3.02. The van der Waals surface area contributed by atoms with Gasteiger partial charge in [-0.05, 0) is 45.0 Å². The molecule has 0 aliphatic carbocycles. The molecule has 4 heteroatoms. The number of carbonyl (C=O) groups excluding carboxylic acids is 1. The molecule has 19 heavy (non-hydrogen) atoms. The summed E-state index contributed by atoms with van der Waals surface area (Å²) in [6.45, 7) is 2.79. The number of thioether (sulfide) groups is 1. The Labute approximate surface area is 120 Å². The number of nitrogens with zero attached hydrogens (tertiary/aromatic N) is 1. The fourth-order valence-electron chi connectivity index (χ4n) is 2.05. The maximum absolute atomic E-state index is 12.3. The van der Waals surface area contributed by atoms with Crippen LogP contribution in [0.4, 0.5) is 0 Å². The summed E-state index contributed by atoms with van der Waals surface area (Å²) < 4.78 is 0. The van der Waals surface area contributed by atoms with E-state index in [-0.39, 0.29) is 11.9 Å². The number of likely N-dealkylation sites (N-methyl/N-ethyl adjacent to an activating group) is 1. The van der Waals surface area contributed by atoms with Gasteiger partial charge in [-0.2, -0.15) is 11.8 Å². The van der Waals surface area contributed by atoms with Crippen LogP contribution >= 0.6 is 11.8 Å². The smallest absolute Gasteiger partial charge is 0.241 e. The van der Waals surface area contributed by atoms with Crippen LogP contribution in [0.5, 0.6) is 0 Å². The molecule has 3 nitrogen and oxygen atoms in total. The number of aryl methyl sites for hydroxylation is 1. The number of benzene rings is 1. The van der Waals surface area contributed by atoms with E-state index in [2.05, 4.69) is 17.6 Å². The summed E-state index contributed by atoms with van der Waals surface area (Å²) in [5.41, 5.74) is 2.23. The van der Waals surface area contributed by atoms with Gasteiger partial charge < -0.3 is 5.32 Å². The molecule has 0 radical (unpaired) electrons.